The SMILES string of the molecule is Cc1cc(-c2ccc(Cl)c(C(=O)NCC3(O)CCCCCC3)c2)nn1C[C@@](C)(O)CO. The molecule has 1 aromatic carbocycles. The van der Waals surface area contributed by atoms with E-state index in [0.29, 0.717) is 34.7 Å². The number of nitrogens with zero attached hydrogens (tertiary/aromatic N) is 2. The molecule has 0 radical (unpaired) electrons. The third-order valence-corrected chi connectivity index (χ3v) is 6.26. The number of aromatic nitrogens is 2. The van der Waals surface area contributed by atoms with Gasteiger partial charge in [0, 0.05) is 17.8 Å². The van der Waals surface area contributed by atoms with Crippen molar-refractivity contribution in [3.8, 4) is 11.3 Å². The maximum atomic E-state index is 12.8. The molecular weight excluding hydrogens is 418 g/mol. The fourth-order valence-corrected chi connectivity index (χ4v) is 4.15. The zero-order chi connectivity index (χ0) is 22.6. The smallest absolute Gasteiger partial charge is 0.252 e. The minimum absolute atomic E-state index is 0.148. The van der Waals surface area contributed by atoms with Crippen LogP contribution in [0.5, 0.6) is 0 Å². The maximum Gasteiger partial charge on any atom is 0.252 e. The molecule has 1 heterocycles. The van der Waals surface area contributed by atoms with Crippen molar-refractivity contribution in [2.24, 2.45) is 0 Å². The van der Waals surface area contributed by atoms with Gasteiger partial charge in [-0.2, -0.15) is 5.10 Å². The van der Waals surface area contributed by atoms with Crippen LogP contribution in [0.4, 0.5) is 0 Å². The van der Waals surface area contributed by atoms with Gasteiger partial charge in [0.25, 0.3) is 5.91 Å². The normalized spacial score (nSPS) is 18.3. The molecule has 1 aliphatic carbocycles. The van der Waals surface area contributed by atoms with E-state index in [9.17, 15) is 20.1 Å². The Morgan fingerprint density at radius 2 is 1.94 bits per heavy atom. The summed E-state index contributed by atoms with van der Waals surface area (Å²) in [6, 6.07) is 6.98. The van der Waals surface area contributed by atoms with E-state index < -0.39 is 11.2 Å². The number of amides is 1. The number of carbonyl (C=O) groups is 1. The fourth-order valence-electron chi connectivity index (χ4n) is 3.95. The number of aryl methyl sites for hydroxylation is 1. The van der Waals surface area contributed by atoms with E-state index in [1.165, 1.54) is 0 Å². The molecule has 0 spiro atoms. The van der Waals surface area contributed by atoms with Gasteiger partial charge in [0.2, 0.25) is 0 Å². The number of carbonyl (C=O) groups excluding carboxylic acids is 1. The number of rotatable bonds is 7. The summed E-state index contributed by atoms with van der Waals surface area (Å²) in [5.41, 5.74) is 0.353. The molecule has 31 heavy (non-hydrogen) atoms. The van der Waals surface area contributed by atoms with E-state index in [1.807, 2.05) is 13.0 Å². The summed E-state index contributed by atoms with van der Waals surface area (Å²) >= 11 is 6.29. The summed E-state index contributed by atoms with van der Waals surface area (Å²) in [5.74, 6) is -0.330. The molecule has 0 unspecified atom stereocenters. The minimum Gasteiger partial charge on any atom is -0.393 e. The van der Waals surface area contributed by atoms with Crippen LogP contribution in [-0.2, 0) is 6.54 Å². The van der Waals surface area contributed by atoms with Gasteiger partial charge in [-0.1, -0.05) is 43.4 Å². The molecule has 1 fully saturated rings. The Balaban J connectivity index is 1.76. The van der Waals surface area contributed by atoms with Gasteiger partial charge in [0.05, 0.1) is 35.0 Å². The largest absolute Gasteiger partial charge is 0.393 e. The van der Waals surface area contributed by atoms with Crippen LogP contribution in [0.25, 0.3) is 11.3 Å². The van der Waals surface area contributed by atoms with E-state index >= 15 is 0 Å². The van der Waals surface area contributed by atoms with Gasteiger partial charge in [0.15, 0.2) is 0 Å². The lowest BCUT2D eigenvalue weighted by atomic mass is 9.94. The van der Waals surface area contributed by atoms with E-state index in [0.717, 1.165) is 31.4 Å². The maximum absolute atomic E-state index is 12.8. The summed E-state index contributed by atoms with van der Waals surface area (Å²) < 4.78 is 1.63. The van der Waals surface area contributed by atoms with Crippen molar-refractivity contribution < 1.29 is 20.1 Å². The Labute approximate surface area is 188 Å². The van der Waals surface area contributed by atoms with E-state index in [1.54, 1.807) is 29.8 Å². The van der Waals surface area contributed by atoms with Crippen molar-refractivity contribution in [1.29, 1.82) is 0 Å². The van der Waals surface area contributed by atoms with Crippen LogP contribution in [0.2, 0.25) is 5.02 Å². The van der Waals surface area contributed by atoms with Crippen molar-refractivity contribution in [1.82, 2.24) is 15.1 Å². The standard InChI is InChI=1S/C23H32ClN3O4/c1-16-11-20(26-27(16)14-22(2,30)15-28)17-7-8-19(24)18(12-17)21(29)25-13-23(31)9-5-3-4-6-10-23/h7-8,11-12,28,30-31H,3-6,9-10,13-15H2,1-2H3,(H,25,29)/t22-/m1/s1. The van der Waals surface area contributed by atoms with Gasteiger partial charge in [-0.3, -0.25) is 9.48 Å². The first-order valence-corrected chi connectivity index (χ1v) is 11.2. The van der Waals surface area contributed by atoms with Crippen LogP contribution < -0.4 is 5.32 Å². The Morgan fingerprint density at radius 1 is 1.26 bits per heavy atom. The number of hydrogen-bond donors (Lipinski definition) is 4. The zero-order valence-electron chi connectivity index (χ0n) is 18.2. The van der Waals surface area contributed by atoms with E-state index in [2.05, 4.69) is 10.4 Å². The second-order valence-corrected chi connectivity index (χ2v) is 9.41. The number of aliphatic hydroxyl groups excluding tert-OH is 1. The first kappa shape index (κ1) is 23.7. The van der Waals surface area contributed by atoms with Crippen molar-refractivity contribution in [2.45, 2.75) is 70.1 Å². The highest BCUT2D eigenvalue weighted by atomic mass is 35.5. The van der Waals surface area contributed by atoms with Gasteiger partial charge >= 0.3 is 0 Å². The monoisotopic (exact) mass is 449 g/mol. The molecule has 3 rings (SSSR count). The highest BCUT2D eigenvalue weighted by molar-refractivity contribution is 6.34. The molecule has 7 nitrogen and oxygen atoms in total. The minimum atomic E-state index is -1.28. The number of hydrogen-bond acceptors (Lipinski definition) is 5. The number of nitrogens with one attached hydrogen (secondary N) is 1. The lowest BCUT2D eigenvalue weighted by Crippen LogP contribution is -2.42. The van der Waals surface area contributed by atoms with Crippen LogP contribution >= 0.6 is 11.6 Å². The molecule has 1 aromatic heterocycles. The van der Waals surface area contributed by atoms with Crippen LogP contribution in [-0.4, -0.2) is 55.4 Å². The molecule has 1 aliphatic rings. The average Bonchev–Trinajstić information content (AvgIpc) is 2.94. The fraction of sp³-hybridized carbons (Fsp3) is 0.565. The summed E-state index contributed by atoms with van der Waals surface area (Å²) in [5, 5.41) is 37.9. The van der Waals surface area contributed by atoms with Gasteiger partial charge in [0.1, 0.15) is 5.60 Å². The first-order chi connectivity index (χ1) is 14.6. The quantitative estimate of drug-likeness (QED) is 0.486. The van der Waals surface area contributed by atoms with Crippen LogP contribution in [0.3, 0.4) is 0 Å². The molecule has 1 saturated carbocycles. The van der Waals surface area contributed by atoms with E-state index in [4.69, 9.17) is 11.6 Å². The summed E-state index contributed by atoms with van der Waals surface area (Å²) in [6.45, 7) is 3.38. The lowest BCUT2D eigenvalue weighted by molar-refractivity contribution is -0.0149. The lowest BCUT2D eigenvalue weighted by Gasteiger charge is -2.26. The molecule has 170 valence electrons. The van der Waals surface area contributed by atoms with Crippen molar-refractivity contribution in [3.05, 3.63) is 40.5 Å². The average molecular weight is 450 g/mol. The van der Waals surface area contributed by atoms with Crippen LogP contribution in [0.15, 0.2) is 24.3 Å². The number of benzene rings is 1. The topological polar surface area (TPSA) is 108 Å². The molecule has 0 aliphatic heterocycles. The zero-order valence-corrected chi connectivity index (χ0v) is 19.0. The highest BCUT2D eigenvalue weighted by Gasteiger charge is 2.29. The molecular formula is C23H32ClN3O4. The van der Waals surface area contributed by atoms with Crippen molar-refractivity contribution >= 4 is 17.5 Å². The summed E-state index contributed by atoms with van der Waals surface area (Å²) in [6.07, 6.45) is 5.54. The molecule has 2 aromatic rings. The van der Waals surface area contributed by atoms with Crippen molar-refractivity contribution in [3.63, 3.8) is 0 Å². The molecule has 4 N–H and O–H groups in total. The Hall–Kier alpha value is -1.93. The van der Waals surface area contributed by atoms with Gasteiger partial charge < -0.3 is 20.6 Å². The number of aliphatic hydroxyl groups is 3. The predicted molar refractivity (Wildman–Crippen MR) is 120 cm³/mol. The van der Waals surface area contributed by atoms with Crippen LogP contribution in [0, 0.1) is 6.92 Å². The highest BCUT2D eigenvalue weighted by Crippen LogP contribution is 2.28. The summed E-state index contributed by atoms with van der Waals surface area (Å²) in [4.78, 5) is 12.8. The molecule has 0 saturated heterocycles. The molecule has 1 amide bonds. The summed E-state index contributed by atoms with van der Waals surface area (Å²) in [7, 11) is 0. The van der Waals surface area contributed by atoms with Crippen molar-refractivity contribution in [2.75, 3.05) is 13.2 Å². The predicted octanol–water partition coefficient (Wildman–Crippen LogP) is 3.07. The third-order valence-electron chi connectivity index (χ3n) is 5.93. The van der Waals surface area contributed by atoms with Gasteiger partial charge in [-0.15, -0.1) is 0 Å². The number of halogens is 1. The first-order valence-electron chi connectivity index (χ1n) is 10.8. The second-order valence-electron chi connectivity index (χ2n) is 9.00. The third kappa shape index (κ3) is 6.07. The molecule has 0 bridgehead atoms. The molecule has 1 atom stereocenters. The molecule has 8 heteroatoms. The van der Waals surface area contributed by atoms with Crippen LogP contribution in [0.1, 0.15) is 61.5 Å². The Bertz CT molecular complexity index is 918. The second kappa shape index (κ2) is 9.69. The van der Waals surface area contributed by atoms with E-state index in [-0.39, 0.29) is 25.6 Å². The van der Waals surface area contributed by atoms with Gasteiger partial charge in [-0.25, -0.2) is 0 Å². The Morgan fingerprint density at radius 3 is 2.58 bits per heavy atom. The van der Waals surface area contributed by atoms with Gasteiger partial charge in [-0.05, 0) is 44.9 Å². The Kier molecular flexibility index (Phi) is 7.42.